The molecule has 0 radical (unpaired) electrons. The van der Waals surface area contributed by atoms with E-state index >= 15 is 0 Å². The number of hydrogen-bond donors (Lipinski definition) is 0. The van der Waals surface area contributed by atoms with Crippen LogP contribution >= 0.6 is 0 Å². The Kier molecular flexibility index (Phi) is 6.05. The van der Waals surface area contributed by atoms with Gasteiger partial charge in [-0.2, -0.15) is 0 Å². The van der Waals surface area contributed by atoms with Crippen molar-refractivity contribution < 1.29 is 14.3 Å². The van der Waals surface area contributed by atoms with Gasteiger partial charge in [0.25, 0.3) is 0 Å². The third-order valence-electron chi connectivity index (χ3n) is 3.51. The lowest BCUT2D eigenvalue weighted by atomic mass is 10.2. The number of esters is 2. The molecule has 0 saturated heterocycles. The van der Waals surface area contributed by atoms with Gasteiger partial charge in [-0.25, -0.2) is 0 Å². The molecule has 25 heavy (non-hydrogen) atoms. The second-order valence-corrected chi connectivity index (χ2v) is 6.00. The smallest absolute Gasteiger partial charge is 0.319 e. The van der Waals surface area contributed by atoms with Crippen molar-refractivity contribution in [1.82, 2.24) is 9.97 Å². The van der Waals surface area contributed by atoms with Crippen LogP contribution in [0.5, 0.6) is 0 Å². The van der Waals surface area contributed by atoms with E-state index in [1.54, 1.807) is 24.5 Å². The summed E-state index contributed by atoms with van der Waals surface area (Å²) in [5.41, 5.74) is 2.95. The molecule has 0 aliphatic heterocycles. The van der Waals surface area contributed by atoms with Gasteiger partial charge in [0.15, 0.2) is 0 Å². The number of anilines is 2. The molecule has 0 N–H and O–H groups in total. The SMILES string of the molecule is CN(C)c1ccnc(CC(=O)OC(=O)Cc2cc(N(C)C)ccn2)c1. The van der Waals surface area contributed by atoms with Gasteiger partial charge in [-0.1, -0.05) is 0 Å². The van der Waals surface area contributed by atoms with Gasteiger partial charge in [0.1, 0.15) is 0 Å². The molecule has 0 amide bonds. The molecule has 132 valence electrons. The highest BCUT2D eigenvalue weighted by Gasteiger charge is 2.14. The fraction of sp³-hybridized carbons (Fsp3) is 0.333. The Bertz CT molecular complexity index is 696. The molecule has 0 fully saturated rings. The number of hydrogen-bond acceptors (Lipinski definition) is 7. The van der Waals surface area contributed by atoms with Crippen LogP contribution in [-0.2, 0) is 27.2 Å². The lowest BCUT2D eigenvalue weighted by molar-refractivity contribution is -0.158. The van der Waals surface area contributed by atoms with Gasteiger partial charge >= 0.3 is 11.9 Å². The van der Waals surface area contributed by atoms with Crippen molar-refractivity contribution in [3.05, 3.63) is 48.0 Å². The lowest BCUT2D eigenvalue weighted by Crippen LogP contribution is -2.18. The molecule has 2 heterocycles. The molecule has 2 rings (SSSR count). The van der Waals surface area contributed by atoms with Crippen LogP contribution in [0.15, 0.2) is 36.7 Å². The van der Waals surface area contributed by atoms with Crippen LogP contribution in [0.2, 0.25) is 0 Å². The molecule has 0 bridgehead atoms. The quantitative estimate of drug-likeness (QED) is 0.581. The van der Waals surface area contributed by atoms with Crippen LogP contribution < -0.4 is 9.80 Å². The second-order valence-electron chi connectivity index (χ2n) is 6.00. The van der Waals surface area contributed by atoms with Gasteiger partial charge in [0.05, 0.1) is 24.2 Å². The summed E-state index contributed by atoms with van der Waals surface area (Å²) in [5.74, 6) is -1.26. The summed E-state index contributed by atoms with van der Waals surface area (Å²) in [4.78, 5) is 36.0. The first kappa shape index (κ1) is 18.4. The lowest BCUT2D eigenvalue weighted by Gasteiger charge is -2.13. The van der Waals surface area contributed by atoms with Crippen LogP contribution in [0.25, 0.3) is 0 Å². The Morgan fingerprint density at radius 1 is 0.840 bits per heavy atom. The maximum absolute atomic E-state index is 11.9. The highest BCUT2D eigenvalue weighted by Crippen LogP contribution is 2.13. The Hall–Kier alpha value is -2.96. The van der Waals surface area contributed by atoms with E-state index in [-0.39, 0.29) is 12.8 Å². The van der Waals surface area contributed by atoms with E-state index in [0.717, 1.165) is 11.4 Å². The molecular formula is C18H22N4O3. The summed E-state index contributed by atoms with van der Waals surface area (Å²) in [7, 11) is 7.59. The number of aromatic nitrogens is 2. The highest BCUT2D eigenvalue weighted by molar-refractivity contribution is 5.87. The zero-order chi connectivity index (χ0) is 18.4. The summed E-state index contributed by atoms with van der Waals surface area (Å²) < 4.78 is 4.87. The van der Waals surface area contributed by atoms with Crippen molar-refractivity contribution in [3.63, 3.8) is 0 Å². The number of carbonyl (C=O) groups excluding carboxylic acids is 2. The van der Waals surface area contributed by atoms with Crippen molar-refractivity contribution in [3.8, 4) is 0 Å². The fourth-order valence-electron chi connectivity index (χ4n) is 2.18. The maximum Gasteiger partial charge on any atom is 0.319 e. The maximum atomic E-state index is 11.9. The van der Waals surface area contributed by atoms with Gasteiger partial charge in [-0.05, 0) is 24.3 Å². The van der Waals surface area contributed by atoms with Gasteiger partial charge < -0.3 is 14.5 Å². The van der Waals surface area contributed by atoms with E-state index in [9.17, 15) is 9.59 Å². The molecule has 0 saturated carbocycles. The molecule has 0 aromatic carbocycles. The molecule has 0 aliphatic carbocycles. The van der Waals surface area contributed by atoms with E-state index < -0.39 is 11.9 Å². The predicted molar refractivity (Wildman–Crippen MR) is 95.6 cm³/mol. The minimum Gasteiger partial charge on any atom is -0.393 e. The Balaban J connectivity index is 1.93. The molecule has 0 aliphatic rings. The van der Waals surface area contributed by atoms with Gasteiger partial charge in [0.2, 0.25) is 0 Å². The van der Waals surface area contributed by atoms with Gasteiger partial charge in [0, 0.05) is 52.0 Å². The van der Waals surface area contributed by atoms with E-state index in [4.69, 9.17) is 4.74 Å². The average molecular weight is 342 g/mol. The van der Waals surface area contributed by atoms with Crippen molar-refractivity contribution in [2.24, 2.45) is 0 Å². The number of nitrogens with zero attached hydrogens (tertiary/aromatic N) is 4. The van der Waals surface area contributed by atoms with Crippen molar-refractivity contribution in [2.45, 2.75) is 12.8 Å². The minimum absolute atomic E-state index is 0.0570. The zero-order valence-corrected chi connectivity index (χ0v) is 14.9. The average Bonchev–Trinajstić information content (AvgIpc) is 2.54. The largest absolute Gasteiger partial charge is 0.393 e. The van der Waals surface area contributed by atoms with E-state index in [0.29, 0.717) is 11.4 Å². The van der Waals surface area contributed by atoms with Crippen molar-refractivity contribution in [2.75, 3.05) is 38.0 Å². The Morgan fingerprint density at radius 2 is 1.24 bits per heavy atom. The van der Waals surface area contributed by atoms with Crippen LogP contribution in [0.1, 0.15) is 11.4 Å². The van der Waals surface area contributed by atoms with Crippen molar-refractivity contribution in [1.29, 1.82) is 0 Å². The first-order valence-corrected chi connectivity index (χ1v) is 7.83. The molecule has 0 atom stereocenters. The molecule has 0 unspecified atom stereocenters. The molecule has 0 spiro atoms. The summed E-state index contributed by atoms with van der Waals surface area (Å²) >= 11 is 0. The number of carbonyl (C=O) groups is 2. The standard InChI is InChI=1S/C18H22N4O3/c1-21(2)15-5-7-19-13(9-15)11-17(23)25-18(24)12-14-10-16(22(3)4)6-8-20-14/h5-10H,11-12H2,1-4H3. The molecular weight excluding hydrogens is 320 g/mol. The molecule has 2 aromatic heterocycles. The predicted octanol–water partition coefficient (Wildman–Crippen LogP) is 1.46. The molecule has 2 aromatic rings. The van der Waals surface area contributed by atoms with E-state index in [2.05, 4.69) is 9.97 Å². The highest BCUT2D eigenvalue weighted by atomic mass is 16.6. The topological polar surface area (TPSA) is 75.6 Å². The second kappa shape index (κ2) is 8.23. The summed E-state index contributed by atoms with van der Waals surface area (Å²) in [6.45, 7) is 0. The van der Waals surface area contributed by atoms with Gasteiger partial charge in [-0.15, -0.1) is 0 Å². The first-order chi connectivity index (χ1) is 11.8. The van der Waals surface area contributed by atoms with E-state index in [1.165, 1.54) is 0 Å². The first-order valence-electron chi connectivity index (χ1n) is 7.83. The summed E-state index contributed by atoms with van der Waals surface area (Å²) in [5, 5.41) is 0. The van der Waals surface area contributed by atoms with Crippen LogP contribution in [0, 0.1) is 0 Å². The number of rotatable bonds is 6. The normalized spacial score (nSPS) is 10.2. The van der Waals surface area contributed by atoms with E-state index in [1.807, 2.05) is 50.1 Å². The fourth-order valence-corrected chi connectivity index (χ4v) is 2.18. The third kappa shape index (κ3) is 5.56. The van der Waals surface area contributed by atoms with Crippen LogP contribution in [0.3, 0.4) is 0 Å². The van der Waals surface area contributed by atoms with Crippen LogP contribution in [0.4, 0.5) is 11.4 Å². The number of ether oxygens (including phenoxy) is 1. The monoisotopic (exact) mass is 342 g/mol. The van der Waals surface area contributed by atoms with Gasteiger partial charge in [-0.3, -0.25) is 19.6 Å². The summed E-state index contributed by atoms with van der Waals surface area (Å²) in [6.07, 6.45) is 3.13. The zero-order valence-electron chi connectivity index (χ0n) is 14.9. The Labute approximate surface area is 147 Å². The molecule has 7 nitrogen and oxygen atoms in total. The van der Waals surface area contributed by atoms with Crippen LogP contribution in [-0.4, -0.2) is 50.1 Å². The minimum atomic E-state index is -0.628. The summed E-state index contributed by atoms with van der Waals surface area (Å²) in [6, 6.07) is 7.24. The molecule has 7 heteroatoms. The van der Waals surface area contributed by atoms with Crippen molar-refractivity contribution >= 4 is 23.3 Å². The Morgan fingerprint density at radius 3 is 1.60 bits per heavy atom. The third-order valence-corrected chi connectivity index (χ3v) is 3.51. The number of pyridine rings is 2.